The molecule has 2 heterocycles. The highest BCUT2D eigenvalue weighted by Gasteiger charge is 2.07. The van der Waals surface area contributed by atoms with Crippen molar-refractivity contribution in [1.82, 2.24) is 15.0 Å². The molecule has 20 heavy (non-hydrogen) atoms. The molecular weight excluding hydrogens is 294 g/mol. The lowest BCUT2D eigenvalue weighted by Crippen LogP contribution is -2.01. The summed E-state index contributed by atoms with van der Waals surface area (Å²) in [6, 6.07) is 11.2. The Labute approximate surface area is 124 Å². The number of nitrogens with zero attached hydrogens (tertiary/aromatic N) is 3. The van der Waals surface area contributed by atoms with Crippen LogP contribution in [0.3, 0.4) is 0 Å². The molecule has 3 rings (SSSR count). The highest BCUT2D eigenvalue weighted by atomic mass is 35.5. The smallest absolute Gasteiger partial charge is 0.222 e. The number of anilines is 2. The van der Waals surface area contributed by atoms with Crippen LogP contribution in [0, 0.1) is 0 Å². The second-order valence-electron chi connectivity index (χ2n) is 4.04. The molecule has 0 radical (unpaired) electrons. The van der Waals surface area contributed by atoms with Crippen molar-refractivity contribution in [3.8, 4) is 0 Å². The molecule has 0 aliphatic rings. The predicted octanol–water partition coefficient (Wildman–Crippen LogP) is 2.99. The van der Waals surface area contributed by atoms with Gasteiger partial charge in [-0.1, -0.05) is 23.4 Å². The van der Waals surface area contributed by atoms with Gasteiger partial charge in [0.15, 0.2) is 5.82 Å². The van der Waals surface area contributed by atoms with Crippen molar-refractivity contribution in [2.45, 2.75) is 9.92 Å². The van der Waals surface area contributed by atoms with E-state index in [0.717, 1.165) is 9.92 Å². The minimum Gasteiger partial charge on any atom is -0.382 e. The van der Waals surface area contributed by atoms with Crippen LogP contribution in [0.25, 0.3) is 11.0 Å². The van der Waals surface area contributed by atoms with Crippen molar-refractivity contribution < 1.29 is 0 Å². The highest BCUT2D eigenvalue weighted by Crippen LogP contribution is 2.29. The number of aromatic nitrogens is 3. The van der Waals surface area contributed by atoms with Gasteiger partial charge in [-0.3, -0.25) is 0 Å². The van der Waals surface area contributed by atoms with E-state index in [4.69, 9.17) is 23.1 Å². The SMILES string of the molecule is Nc1nc(N)c2nc(Sc3ccc(Cl)cc3)ccc2n1. The number of fused-ring (bicyclic) bond motifs is 1. The molecule has 0 saturated carbocycles. The first-order chi connectivity index (χ1) is 9.61. The van der Waals surface area contributed by atoms with Crippen LogP contribution in [0.2, 0.25) is 5.02 Å². The standard InChI is InChI=1S/C13H10ClN5S/c14-7-1-3-8(4-2-7)20-10-6-5-9-11(18-10)12(15)19-13(16)17-9/h1-6H,(H4,15,16,17,19). The average Bonchev–Trinajstić information content (AvgIpc) is 2.42. The Balaban J connectivity index is 1.98. The molecule has 2 aromatic heterocycles. The van der Waals surface area contributed by atoms with Gasteiger partial charge in [-0.05, 0) is 36.4 Å². The monoisotopic (exact) mass is 303 g/mol. The number of rotatable bonds is 2. The Bertz CT molecular complexity index is 776. The summed E-state index contributed by atoms with van der Waals surface area (Å²) in [4.78, 5) is 13.5. The van der Waals surface area contributed by atoms with E-state index in [1.165, 1.54) is 11.8 Å². The van der Waals surface area contributed by atoms with Gasteiger partial charge in [0.05, 0.1) is 5.52 Å². The third kappa shape index (κ3) is 2.61. The van der Waals surface area contributed by atoms with Crippen LogP contribution < -0.4 is 11.5 Å². The van der Waals surface area contributed by atoms with Gasteiger partial charge in [0.1, 0.15) is 10.5 Å². The first-order valence-electron chi connectivity index (χ1n) is 5.75. The molecule has 7 heteroatoms. The van der Waals surface area contributed by atoms with Gasteiger partial charge in [0.25, 0.3) is 0 Å². The summed E-state index contributed by atoms with van der Waals surface area (Å²) in [7, 11) is 0. The fourth-order valence-electron chi connectivity index (χ4n) is 1.72. The molecule has 0 spiro atoms. The van der Waals surface area contributed by atoms with Gasteiger partial charge in [-0.2, -0.15) is 4.98 Å². The molecule has 4 N–H and O–H groups in total. The van der Waals surface area contributed by atoms with E-state index >= 15 is 0 Å². The first kappa shape index (κ1) is 13.0. The molecule has 100 valence electrons. The summed E-state index contributed by atoms with van der Waals surface area (Å²) < 4.78 is 0. The molecule has 5 nitrogen and oxygen atoms in total. The molecule has 0 atom stereocenters. The molecule has 0 saturated heterocycles. The highest BCUT2D eigenvalue weighted by molar-refractivity contribution is 7.99. The third-order valence-electron chi connectivity index (χ3n) is 2.60. The molecule has 1 aromatic carbocycles. The minimum atomic E-state index is 0.148. The molecule has 0 amide bonds. The van der Waals surface area contributed by atoms with Gasteiger partial charge in [-0.25, -0.2) is 9.97 Å². The molecule has 0 aliphatic heterocycles. The van der Waals surface area contributed by atoms with Crippen molar-refractivity contribution in [3.63, 3.8) is 0 Å². The summed E-state index contributed by atoms with van der Waals surface area (Å²) in [5.41, 5.74) is 12.6. The molecular formula is C13H10ClN5S. The van der Waals surface area contributed by atoms with Gasteiger partial charge in [0, 0.05) is 9.92 Å². The lowest BCUT2D eigenvalue weighted by molar-refractivity contribution is 1.14. The van der Waals surface area contributed by atoms with Crippen LogP contribution in [-0.2, 0) is 0 Å². The molecule has 0 aliphatic carbocycles. The zero-order valence-corrected chi connectivity index (χ0v) is 11.8. The Morgan fingerprint density at radius 1 is 0.900 bits per heavy atom. The van der Waals surface area contributed by atoms with E-state index in [-0.39, 0.29) is 11.8 Å². The predicted molar refractivity (Wildman–Crippen MR) is 81.7 cm³/mol. The van der Waals surface area contributed by atoms with Crippen molar-refractivity contribution in [2.24, 2.45) is 0 Å². The van der Waals surface area contributed by atoms with Crippen LogP contribution in [-0.4, -0.2) is 15.0 Å². The van der Waals surface area contributed by atoms with E-state index in [2.05, 4.69) is 15.0 Å². The zero-order chi connectivity index (χ0) is 14.1. The molecule has 0 bridgehead atoms. The zero-order valence-electron chi connectivity index (χ0n) is 10.2. The maximum absolute atomic E-state index is 5.86. The third-order valence-corrected chi connectivity index (χ3v) is 3.79. The van der Waals surface area contributed by atoms with Crippen LogP contribution in [0.4, 0.5) is 11.8 Å². The Hall–Kier alpha value is -2.05. The Kier molecular flexibility index (Phi) is 3.33. The van der Waals surface area contributed by atoms with Crippen molar-refractivity contribution in [3.05, 3.63) is 41.4 Å². The average molecular weight is 304 g/mol. The quantitative estimate of drug-likeness (QED) is 0.756. The van der Waals surface area contributed by atoms with Crippen molar-refractivity contribution in [1.29, 1.82) is 0 Å². The second kappa shape index (κ2) is 5.15. The fraction of sp³-hybridized carbons (Fsp3) is 0. The normalized spacial score (nSPS) is 10.8. The van der Waals surface area contributed by atoms with E-state index in [1.54, 1.807) is 0 Å². The van der Waals surface area contributed by atoms with Crippen LogP contribution in [0.1, 0.15) is 0 Å². The number of nitrogen functional groups attached to an aromatic ring is 2. The van der Waals surface area contributed by atoms with E-state index in [1.807, 2.05) is 36.4 Å². The number of pyridine rings is 1. The lowest BCUT2D eigenvalue weighted by Gasteiger charge is -2.05. The topological polar surface area (TPSA) is 90.7 Å². The summed E-state index contributed by atoms with van der Waals surface area (Å²) in [5.74, 6) is 0.431. The lowest BCUT2D eigenvalue weighted by atomic mass is 10.3. The molecule has 3 aromatic rings. The van der Waals surface area contributed by atoms with E-state index < -0.39 is 0 Å². The van der Waals surface area contributed by atoms with Gasteiger partial charge < -0.3 is 11.5 Å². The second-order valence-corrected chi connectivity index (χ2v) is 5.57. The van der Waals surface area contributed by atoms with Gasteiger partial charge in [0.2, 0.25) is 5.95 Å². The number of hydrogen-bond donors (Lipinski definition) is 2. The van der Waals surface area contributed by atoms with Gasteiger partial charge in [-0.15, -0.1) is 0 Å². The Morgan fingerprint density at radius 3 is 2.40 bits per heavy atom. The van der Waals surface area contributed by atoms with Crippen LogP contribution >= 0.6 is 23.4 Å². The molecule has 0 fully saturated rings. The Morgan fingerprint density at radius 2 is 1.65 bits per heavy atom. The largest absolute Gasteiger partial charge is 0.382 e. The van der Waals surface area contributed by atoms with Crippen LogP contribution in [0.15, 0.2) is 46.3 Å². The number of benzene rings is 1. The summed E-state index contributed by atoms with van der Waals surface area (Å²) in [6.07, 6.45) is 0. The first-order valence-corrected chi connectivity index (χ1v) is 6.94. The summed E-state index contributed by atoms with van der Waals surface area (Å²) in [5, 5.41) is 1.51. The number of hydrogen-bond acceptors (Lipinski definition) is 6. The maximum Gasteiger partial charge on any atom is 0.222 e. The van der Waals surface area contributed by atoms with Gasteiger partial charge >= 0.3 is 0 Å². The van der Waals surface area contributed by atoms with Crippen molar-refractivity contribution >= 4 is 46.2 Å². The van der Waals surface area contributed by atoms with E-state index in [0.29, 0.717) is 16.1 Å². The number of halogens is 1. The van der Waals surface area contributed by atoms with Crippen LogP contribution in [0.5, 0.6) is 0 Å². The number of nitrogens with two attached hydrogens (primary N) is 2. The minimum absolute atomic E-state index is 0.148. The summed E-state index contributed by atoms with van der Waals surface area (Å²) in [6.45, 7) is 0. The van der Waals surface area contributed by atoms with Crippen molar-refractivity contribution in [2.75, 3.05) is 11.5 Å². The summed E-state index contributed by atoms with van der Waals surface area (Å²) >= 11 is 7.37. The maximum atomic E-state index is 5.86. The fourth-order valence-corrected chi connectivity index (χ4v) is 2.63. The molecule has 0 unspecified atom stereocenters. The van der Waals surface area contributed by atoms with E-state index in [9.17, 15) is 0 Å².